The molecule has 0 unspecified atom stereocenters. The molecule has 0 aliphatic heterocycles. The first-order chi connectivity index (χ1) is 10.1. The summed E-state index contributed by atoms with van der Waals surface area (Å²) in [5.74, 6) is -3.68. The molecule has 0 radical (unpaired) electrons. The van der Waals surface area contributed by atoms with E-state index in [1.54, 1.807) is 4.98 Å². The molecule has 122 valence electrons. The third-order valence-corrected chi connectivity index (χ3v) is 2.78. The summed E-state index contributed by atoms with van der Waals surface area (Å²) in [6, 6.07) is -0.981. The highest BCUT2D eigenvalue weighted by atomic mass is 19.1. The van der Waals surface area contributed by atoms with Gasteiger partial charge >= 0.3 is 11.7 Å². The Morgan fingerprint density at radius 3 is 2.55 bits per heavy atom. The zero-order valence-electron chi connectivity index (χ0n) is 12.0. The van der Waals surface area contributed by atoms with Crippen LogP contribution in [0.25, 0.3) is 0 Å². The standard InChI is InChI=1S/C12H17FN4O5/c1-5(2)3-7(14)10(19)15-8(11(20)21)17-4-6(13)9(18)16-12(17)22/h4-5,7-8H,3,14H2,1-2H3,(H,15,19)(H,20,21)(H,16,18,22)/t7-,8+/m0/s1. The van der Waals surface area contributed by atoms with Crippen LogP contribution in [0.5, 0.6) is 0 Å². The maximum Gasteiger partial charge on any atom is 0.347 e. The maximum atomic E-state index is 13.2. The Bertz CT molecular complexity index is 681. The molecule has 10 heteroatoms. The second-order valence-electron chi connectivity index (χ2n) is 5.13. The Morgan fingerprint density at radius 2 is 2.05 bits per heavy atom. The number of amides is 1. The molecule has 9 nitrogen and oxygen atoms in total. The molecule has 5 N–H and O–H groups in total. The van der Waals surface area contributed by atoms with E-state index in [1.165, 1.54) is 0 Å². The molecule has 1 amide bonds. The minimum Gasteiger partial charge on any atom is -0.478 e. The second kappa shape index (κ2) is 6.98. The van der Waals surface area contributed by atoms with Gasteiger partial charge in [0.15, 0.2) is 0 Å². The van der Waals surface area contributed by atoms with E-state index in [1.807, 2.05) is 19.2 Å². The number of aliphatic carboxylic acids is 1. The minimum absolute atomic E-state index is 0.0947. The molecular weight excluding hydrogens is 299 g/mol. The number of carboxylic acid groups (broad SMARTS) is 1. The monoisotopic (exact) mass is 316 g/mol. The fourth-order valence-electron chi connectivity index (χ4n) is 1.76. The average Bonchev–Trinajstić information content (AvgIpc) is 2.39. The van der Waals surface area contributed by atoms with Gasteiger partial charge in [-0.15, -0.1) is 0 Å². The van der Waals surface area contributed by atoms with Crippen LogP contribution in [0.1, 0.15) is 26.4 Å². The van der Waals surface area contributed by atoms with Gasteiger partial charge in [-0.1, -0.05) is 13.8 Å². The molecule has 1 heterocycles. The number of H-pyrrole nitrogens is 1. The fourth-order valence-corrected chi connectivity index (χ4v) is 1.76. The van der Waals surface area contributed by atoms with Crippen molar-refractivity contribution in [1.82, 2.24) is 14.9 Å². The molecule has 0 saturated heterocycles. The van der Waals surface area contributed by atoms with E-state index in [9.17, 15) is 23.6 Å². The number of nitrogens with two attached hydrogens (primary N) is 1. The Hall–Kier alpha value is -2.49. The highest BCUT2D eigenvalue weighted by Crippen LogP contribution is 2.05. The summed E-state index contributed by atoms with van der Waals surface area (Å²) in [4.78, 5) is 47.2. The summed E-state index contributed by atoms with van der Waals surface area (Å²) >= 11 is 0. The van der Waals surface area contributed by atoms with Crippen molar-refractivity contribution in [1.29, 1.82) is 0 Å². The predicted molar refractivity (Wildman–Crippen MR) is 73.5 cm³/mol. The molecule has 0 spiro atoms. The molecule has 1 aromatic rings. The molecule has 1 rings (SSSR count). The second-order valence-corrected chi connectivity index (χ2v) is 5.13. The van der Waals surface area contributed by atoms with Crippen LogP contribution in [0.3, 0.4) is 0 Å². The van der Waals surface area contributed by atoms with Crippen molar-refractivity contribution in [2.24, 2.45) is 11.7 Å². The summed E-state index contributed by atoms with van der Waals surface area (Å²) in [6.45, 7) is 3.65. The lowest BCUT2D eigenvalue weighted by molar-refractivity contribution is -0.145. The van der Waals surface area contributed by atoms with Crippen molar-refractivity contribution in [3.8, 4) is 0 Å². The van der Waals surface area contributed by atoms with Crippen LogP contribution >= 0.6 is 0 Å². The van der Waals surface area contributed by atoms with Gasteiger partial charge in [0.1, 0.15) is 0 Å². The molecule has 0 aliphatic rings. The highest BCUT2D eigenvalue weighted by Gasteiger charge is 2.26. The molecule has 0 saturated carbocycles. The number of nitrogens with zero attached hydrogens (tertiary/aromatic N) is 1. The number of carbonyl (C=O) groups is 2. The Labute approximate surface area is 123 Å². The minimum atomic E-state index is -1.88. The van der Waals surface area contributed by atoms with Crippen LogP contribution in [-0.4, -0.2) is 32.6 Å². The van der Waals surface area contributed by atoms with Gasteiger partial charge in [-0.25, -0.2) is 9.59 Å². The van der Waals surface area contributed by atoms with E-state index in [0.717, 1.165) is 0 Å². The van der Waals surface area contributed by atoms with E-state index in [-0.39, 0.29) is 5.92 Å². The number of rotatable bonds is 6. The summed E-state index contributed by atoms with van der Waals surface area (Å²) in [7, 11) is 0. The number of carboxylic acids is 1. The van der Waals surface area contributed by atoms with Crippen molar-refractivity contribution in [2.75, 3.05) is 0 Å². The Balaban J connectivity index is 3.08. The first kappa shape index (κ1) is 17.6. The van der Waals surface area contributed by atoms with Crippen molar-refractivity contribution in [2.45, 2.75) is 32.5 Å². The van der Waals surface area contributed by atoms with Gasteiger partial charge in [-0.05, 0) is 12.3 Å². The van der Waals surface area contributed by atoms with Gasteiger partial charge in [-0.2, -0.15) is 4.39 Å². The maximum absolute atomic E-state index is 13.2. The summed E-state index contributed by atoms with van der Waals surface area (Å²) in [6.07, 6.45) is -1.18. The van der Waals surface area contributed by atoms with E-state index in [2.05, 4.69) is 0 Å². The van der Waals surface area contributed by atoms with Crippen molar-refractivity contribution < 1.29 is 19.1 Å². The van der Waals surface area contributed by atoms with Crippen LogP contribution in [-0.2, 0) is 9.59 Å². The first-order valence-electron chi connectivity index (χ1n) is 6.43. The lowest BCUT2D eigenvalue weighted by Gasteiger charge is -2.20. The molecule has 2 atom stereocenters. The molecule has 1 aromatic heterocycles. The van der Waals surface area contributed by atoms with Crippen LogP contribution in [0.2, 0.25) is 0 Å². The zero-order valence-corrected chi connectivity index (χ0v) is 12.0. The van der Waals surface area contributed by atoms with Gasteiger partial charge in [0, 0.05) is 0 Å². The summed E-state index contributed by atoms with van der Waals surface area (Å²) < 4.78 is 13.6. The molecule has 22 heavy (non-hydrogen) atoms. The number of carbonyl (C=O) groups excluding carboxylic acids is 1. The quantitative estimate of drug-likeness (QED) is 0.515. The SMILES string of the molecule is CC(C)C[C@H](N)C(=O)N[C@@H](C(=O)O)n1cc(F)c(=O)[nH]c1=O. The number of halogens is 1. The zero-order chi connectivity index (χ0) is 17.0. The van der Waals surface area contributed by atoms with Crippen molar-refractivity contribution >= 4 is 11.9 Å². The average molecular weight is 316 g/mol. The van der Waals surface area contributed by atoms with Crippen molar-refractivity contribution in [3.63, 3.8) is 0 Å². The highest BCUT2D eigenvalue weighted by molar-refractivity contribution is 5.85. The fraction of sp³-hybridized carbons (Fsp3) is 0.500. The number of nitrogens with one attached hydrogen (secondary N) is 2. The van der Waals surface area contributed by atoms with Crippen LogP contribution in [0.4, 0.5) is 4.39 Å². The van der Waals surface area contributed by atoms with Crippen molar-refractivity contribution in [3.05, 3.63) is 32.9 Å². The van der Waals surface area contributed by atoms with Crippen LogP contribution < -0.4 is 22.3 Å². The number of aromatic nitrogens is 2. The van der Waals surface area contributed by atoms with Gasteiger partial charge in [0.25, 0.3) is 5.56 Å². The third-order valence-electron chi connectivity index (χ3n) is 2.78. The number of aromatic amines is 1. The normalized spacial score (nSPS) is 13.7. The molecule has 0 fully saturated rings. The predicted octanol–water partition coefficient (Wildman–Crippen LogP) is -1.25. The van der Waals surface area contributed by atoms with E-state index >= 15 is 0 Å². The van der Waals surface area contributed by atoms with Gasteiger partial charge in [-0.3, -0.25) is 19.1 Å². The molecule has 0 aromatic carbocycles. The molecule has 0 aliphatic carbocycles. The lowest BCUT2D eigenvalue weighted by Crippen LogP contribution is -2.49. The summed E-state index contributed by atoms with van der Waals surface area (Å²) in [5, 5.41) is 11.1. The number of hydrogen-bond acceptors (Lipinski definition) is 5. The largest absolute Gasteiger partial charge is 0.478 e. The van der Waals surface area contributed by atoms with E-state index in [4.69, 9.17) is 10.8 Å². The Kier molecular flexibility index (Phi) is 5.57. The Morgan fingerprint density at radius 1 is 1.45 bits per heavy atom. The number of hydrogen-bond donors (Lipinski definition) is 4. The molecular formula is C12H17FN4O5. The van der Waals surface area contributed by atoms with E-state index < -0.39 is 41.2 Å². The topological polar surface area (TPSA) is 147 Å². The van der Waals surface area contributed by atoms with Gasteiger partial charge in [0.05, 0.1) is 12.2 Å². The van der Waals surface area contributed by atoms with E-state index in [0.29, 0.717) is 17.2 Å². The van der Waals surface area contributed by atoms with Gasteiger partial charge < -0.3 is 16.2 Å². The summed E-state index contributed by atoms with van der Waals surface area (Å²) in [5.41, 5.74) is 3.16. The smallest absolute Gasteiger partial charge is 0.347 e. The van der Waals surface area contributed by atoms with Crippen LogP contribution in [0, 0.1) is 11.7 Å². The van der Waals surface area contributed by atoms with Crippen LogP contribution in [0.15, 0.2) is 15.8 Å². The molecule has 0 bridgehead atoms. The third kappa shape index (κ3) is 4.25. The lowest BCUT2D eigenvalue weighted by atomic mass is 10.0. The van der Waals surface area contributed by atoms with Gasteiger partial charge in [0.2, 0.25) is 17.9 Å². The first-order valence-corrected chi connectivity index (χ1v) is 6.43.